The van der Waals surface area contributed by atoms with Crippen molar-refractivity contribution >= 4 is 34.1 Å². The third-order valence-electron chi connectivity index (χ3n) is 2.40. The predicted octanol–water partition coefficient (Wildman–Crippen LogP) is 1.44. The van der Waals surface area contributed by atoms with Crippen molar-refractivity contribution in [2.45, 2.75) is 33.7 Å². The largest absolute Gasteiger partial charge is 0.344 e. The molecule has 1 atom stereocenters. The van der Waals surface area contributed by atoms with Gasteiger partial charge in [-0.15, -0.1) is 11.3 Å². The summed E-state index contributed by atoms with van der Waals surface area (Å²) < 4.78 is 0. The van der Waals surface area contributed by atoms with Crippen molar-refractivity contribution in [3.63, 3.8) is 0 Å². The molecule has 1 heterocycles. The first-order valence-corrected chi connectivity index (χ1v) is 6.73. The van der Waals surface area contributed by atoms with Gasteiger partial charge in [-0.2, -0.15) is 0 Å². The maximum Gasteiger partial charge on any atom is 0.248 e. The van der Waals surface area contributed by atoms with Gasteiger partial charge in [0.25, 0.3) is 0 Å². The molecule has 0 saturated heterocycles. The van der Waals surface area contributed by atoms with Crippen LogP contribution in [0, 0.1) is 5.92 Å². The van der Waals surface area contributed by atoms with Crippen molar-refractivity contribution < 1.29 is 14.4 Å². The second kappa shape index (κ2) is 6.42. The summed E-state index contributed by atoms with van der Waals surface area (Å²) in [7, 11) is 0. The number of thiazole rings is 1. The van der Waals surface area contributed by atoms with E-state index in [0.717, 1.165) is 0 Å². The molecule has 104 valence electrons. The molecule has 2 N–H and O–H groups in total. The molecule has 19 heavy (non-hydrogen) atoms. The summed E-state index contributed by atoms with van der Waals surface area (Å²) in [6, 6.07) is -0.623. The highest BCUT2D eigenvalue weighted by molar-refractivity contribution is 7.14. The molecule has 0 unspecified atom stereocenters. The number of amides is 2. The van der Waals surface area contributed by atoms with Crippen LogP contribution in [0.3, 0.4) is 0 Å². The van der Waals surface area contributed by atoms with Crippen LogP contribution in [-0.2, 0) is 9.59 Å². The van der Waals surface area contributed by atoms with E-state index in [2.05, 4.69) is 15.6 Å². The summed E-state index contributed by atoms with van der Waals surface area (Å²) in [6.07, 6.45) is 0. The van der Waals surface area contributed by atoms with Gasteiger partial charge in [0.1, 0.15) is 11.7 Å². The van der Waals surface area contributed by atoms with Gasteiger partial charge in [0, 0.05) is 19.2 Å². The van der Waals surface area contributed by atoms with Gasteiger partial charge < -0.3 is 10.6 Å². The zero-order valence-electron chi connectivity index (χ0n) is 11.3. The Morgan fingerprint density at radius 2 is 1.89 bits per heavy atom. The molecule has 1 aromatic heterocycles. The maximum atomic E-state index is 12.0. The molecule has 0 aliphatic rings. The molecule has 0 bridgehead atoms. The minimum Gasteiger partial charge on any atom is -0.344 e. The fourth-order valence-corrected chi connectivity index (χ4v) is 2.18. The van der Waals surface area contributed by atoms with Crippen LogP contribution in [0.1, 0.15) is 38.2 Å². The van der Waals surface area contributed by atoms with Crippen molar-refractivity contribution in [1.29, 1.82) is 0 Å². The molecule has 0 saturated carbocycles. The van der Waals surface area contributed by atoms with Crippen molar-refractivity contribution in [1.82, 2.24) is 10.3 Å². The number of carbonyl (C=O) groups is 3. The Hall–Kier alpha value is -1.76. The Kier molecular flexibility index (Phi) is 5.17. The fourth-order valence-electron chi connectivity index (χ4n) is 1.43. The molecule has 2 amide bonds. The number of anilines is 1. The molecule has 0 aliphatic carbocycles. The summed E-state index contributed by atoms with van der Waals surface area (Å²) in [5.74, 6) is -0.803. The molecular weight excluding hydrogens is 266 g/mol. The lowest BCUT2D eigenvalue weighted by Gasteiger charge is -2.20. The smallest absolute Gasteiger partial charge is 0.248 e. The molecule has 0 aromatic carbocycles. The van der Waals surface area contributed by atoms with E-state index in [9.17, 15) is 14.4 Å². The van der Waals surface area contributed by atoms with Gasteiger partial charge in [-0.05, 0) is 5.92 Å². The number of nitrogens with one attached hydrogen (secondary N) is 2. The summed E-state index contributed by atoms with van der Waals surface area (Å²) >= 11 is 1.18. The zero-order chi connectivity index (χ0) is 14.6. The number of aromatic nitrogens is 1. The van der Waals surface area contributed by atoms with Crippen LogP contribution in [0.15, 0.2) is 5.38 Å². The number of ketones is 1. The van der Waals surface area contributed by atoms with Crippen LogP contribution in [-0.4, -0.2) is 28.6 Å². The number of hydrogen-bond acceptors (Lipinski definition) is 5. The standard InChI is InChI=1S/C12H17N3O3S/c1-6(2)10(13-8(4)17)11(18)15-12-14-9(5-19-12)7(3)16/h5-6,10H,1-4H3,(H,13,17)(H,14,15,18)/t10-/m0/s1. The van der Waals surface area contributed by atoms with Crippen molar-refractivity contribution in [3.8, 4) is 0 Å². The first-order chi connectivity index (χ1) is 8.81. The minimum atomic E-state index is -0.623. The zero-order valence-corrected chi connectivity index (χ0v) is 12.1. The van der Waals surface area contributed by atoms with Crippen molar-refractivity contribution in [3.05, 3.63) is 11.1 Å². The highest BCUT2D eigenvalue weighted by atomic mass is 32.1. The van der Waals surface area contributed by atoms with Gasteiger partial charge in [0.05, 0.1) is 0 Å². The van der Waals surface area contributed by atoms with Crippen LogP contribution >= 0.6 is 11.3 Å². The summed E-state index contributed by atoms with van der Waals surface area (Å²) in [6.45, 7) is 6.45. The van der Waals surface area contributed by atoms with Crippen LogP contribution in [0.5, 0.6) is 0 Å². The van der Waals surface area contributed by atoms with E-state index < -0.39 is 6.04 Å². The van der Waals surface area contributed by atoms with Gasteiger partial charge in [0.15, 0.2) is 10.9 Å². The topological polar surface area (TPSA) is 88.2 Å². The first kappa shape index (κ1) is 15.3. The minimum absolute atomic E-state index is 0.0452. The van der Waals surface area contributed by atoms with E-state index >= 15 is 0 Å². The van der Waals surface area contributed by atoms with Crippen LogP contribution in [0.2, 0.25) is 0 Å². The van der Waals surface area contributed by atoms with Crippen LogP contribution in [0.4, 0.5) is 5.13 Å². The monoisotopic (exact) mass is 283 g/mol. The quantitative estimate of drug-likeness (QED) is 0.800. The van der Waals surface area contributed by atoms with E-state index in [1.807, 2.05) is 13.8 Å². The van der Waals surface area contributed by atoms with Gasteiger partial charge >= 0.3 is 0 Å². The average Bonchev–Trinajstić information content (AvgIpc) is 2.73. The second-order valence-electron chi connectivity index (χ2n) is 4.51. The normalized spacial score (nSPS) is 12.1. The third kappa shape index (κ3) is 4.44. The summed E-state index contributed by atoms with van der Waals surface area (Å²) in [4.78, 5) is 38.2. The maximum absolute atomic E-state index is 12.0. The van der Waals surface area contributed by atoms with Crippen molar-refractivity contribution in [2.75, 3.05) is 5.32 Å². The Bertz CT molecular complexity index is 496. The molecule has 6 nitrogen and oxygen atoms in total. The Morgan fingerprint density at radius 3 is 2.32 bits per heavy atom. The number of hydrogen-bond donors (Lipinski definition) is 2. The molecule has 1 rings (SSSR count). The number of rotatable bonds is 5. The van der Waals surface area contributed by atoms with E-state index in [-0.39, 0.29) is 23.5 Å². The van der Waals surface area contributed by atoms with E-state index in [1.54, 1.807) is 5.38 Å². The number of Topliss-reactive ketones (excluding diaryl/α,β-unsaturated/α-hetero) is 1. The predicted molar refractivity (Wildman–Crippen MR) is 73.2 cm³/mol. The van der Waals surface area contributed by atoms with E-state index in [1.165, 1.54) is 25.2 Å². The molecule has 0 radical (unpaired) electrons. The average molecular weight is 283 g/mol. The Labute approximate surface area is 115 Å². The molecule has 7 heteroatoms. The molecule has 0 aliphatic heterocycles. The molecular formula is C12H17N3O3S. The van der Waals surface area contributed by atoms with Gasteiger partial charge in [0.2, 0.25) is 11.8 Å². The summed E-state index contributed by atoms with van der Waals surface area (Å²) in [5, 5.41) is 7.13. The summed E-state index contributed by atoms with van der Waals surface area (Å²) in [5.41, 5.74) is 0.320. The van der Waals surface area contributed by atoms with Gasteiger partial charge in [-0.25, -0.2) is 4.98 Å². The SMILES string of the molecule is CC(=O)N[C@H](C(=O)Nc1nc(C(C)=O)cs1)C(C)C. The third-order valence-corrected chi connectivity index (χ3v) is 3.16. The number of nitrogens with zero attached hydrogens (tertiary/aromatic N) is 1. The van der Waals surface area contributed by atoms with Gasteiger partial charge in [-0.3, -0.25) is 14.4 Å². The fraction of sp³-hybridized carbons (Fsp3) is 0.500. The highest BCUT2D eigenvalue weighted by Gasteiger charge is 2.23. The van der Waals surface area contributed by atoms with Crippen molar-refractivity contribution in [2.24, 2.45) is 5.92 Å². The Morgan fingerprint density at radius 1 is 1.26 bits per heavy atom. The number of carbonyl (C=O) groups excluding carboxylic acids is 3. The van der Waals surface area contributed by atoms with E-state index in [0.29, 0.717) is 10.8 Å². The molecule has 1 aromatic rings. The molecule has 0 spiro atoms. The first-order valence-electron chi connectivity index (χ1n) is 5.85. The lowest BCUT2D eigenvalue weighted by molar-refractivity contribution is -0.126. The Balaban J connectivity index is 2.75. The molecule has 0 fully saturated rings. The van der Waals surface area contributed by atoms with Crippen LogP contribution in [0.25, 0.3) is 0 Å². The van der Waals surface area contributed by atoms with E-state index in [4.69, 9.17) is 0 Å². The lowest BCUT2D eigenvalue weighted by atomic mass is 10.0. The van der Waals surface area contributed by atoms with Crippen LogP contribution < -0.4 is 10.6 Å². The second-order valence-corrected chi connectivity index (χ2v) is 5.36. The van der Waals surface area contributed by atoms with Gasteiger partial charge in [-0.1, -0.05) is 13.8 Å². The lowest BCUT2D eigenvalue weighted by Crippen LogP contribution is -2.46. The highest BCUT2D eigenvalue weighted by Crippen LogP contribution is 2.16.